The van der Waals surface area contributed by atoms with Gasteiger partial charge in [0.1, 0.15) is 9.28 Å². The van der Waals surface area contributed by atoms with Crippen molar-refractivity contribution in [3.63, 3.8) is 0 Å². The Hall–Kier alpha value is -4.92. The highest BCUT2D eigenvalue weighted by Gasteiger charge is 2.29. The summed E-state index contributed by atoms with van der Waals surface area (Å²) in [5.41, 5.74) is 9.75. The van der Waals surface area contributed by atoms with Crippen LogP contribution in [0.4, 0.5) is 0 Å². The summed E-state index contributed by atoms with van der Waals surface area (Å²) in [6, 6.07) is 41.1. The molecular weight excluding hydrogens is 629 g/mol. The fourth-order valence-electron chi connectivity index (χ4n) is 6.65. The molecule has 2 N–H and O–H groups in total. The minimum Gasteiger partial charge on any atom is -0.297 e. The van der Waals surface area contributed by atoms with E-state index in [0.717, 1.165) is 82.1 Å². The Morgan fingerprint density at radius 3 is 1.23 bits per heavy atom. The van der Waals surface area contributed by atoms with Crippen molar-refractivity contribution in [3.8, 4) is 11.4 Å². The molecule has 0 spiro atoms. The zero-order chi connectivity index (χ0) is 33.0. The second kappa shape index (κ2) is 14.1. The zero-order valence-corrected chi connectivity index (χ0v) is 28.8. The molecule has 48 heavy (non-hydrogen) atoms. The first-order valence-corrected chi connectivity index (χ1v) is 17.3. The van der Waals surface area contributed by atoms with E-state index in [1.165, 1.54) is 0 Å². The predicted molar refractivity (Wildman–Crippen MR) is 202 cm³/mol. The summed E-state index contributed by atoms with van der Waals surface area (Å²) >= 11 is 12.3. The summed E-state index contributed by atoms with van der Waals surface area (Å²) in [5.74, 6) is 0. The van der Waals surface area contributed by atoms with E-state index in [2.05, 4.69) is 96.8 Å². The summed E-state index contributed by atoms with van der Waals surface area (Å²) in [6.45, 7) is 4.16. The van der Waals surface area contributed by atoms with Crippen LogP contribution in [0.2, 0.25) is 0 Å². The van der Waals surface area contributed by atoms with Crippen LogP contribution in [-0.2, 0) is 0 Å². The van der Waals surface area contributed by atoms with Gasteiger partial charge in [-0.05, 0) is 51.0 Å². The molecule has 0 amide bonds. The molecule has 6 nitrogen and oxygen atoms in total. The summed E-state index contributed by atoms with van der Waals surface area (Å²) in [4.78, 5) is 11.2. The van der Waals surface area contributed by atoms with Gasteiger partial charge >= 0.3 is 0 Å². The zero-order valence-electron chi connectivity index (χ0n) is 27.1. The molecule has 0 aliphatic heterocycles. The predicted octanol–water partition coefficient (Wildman–Crippen LogP) is 9.69. The lowest BCUT2D eigenvalue weighted by molar-refractivity contribution is 0.389. The average molecular weight is 667 g/mol. The third-order valence-corrected chi connectivity index (χ3v) is 9.80. The van der Waals surface area contributed by atoms with Gasteiger partial charge in [-0.2, -0.15) is 0 Å². The van der Waals surface area contributed by atoms with Crippen molar-refractivity contribution in [1.29, 1.82) is 0 Å². The van der Waals surface area contributed by atoms with Crippen LogP contribution in [-0.4, -0.2) is 43.1 Å². The van der Waals surface area contributed by atoms with Crippen LogP contribution in [0.3, 0.4) is 0 Å². The van der Waals surface area contributed by atoms with Gasteiger partial charge in [-0.1, -0.05) is 134 Å². The van der Waals surface area contributed by atoms with Crippen molar-refractivity contribution in [3.05, 3.63) is 164 Å². The van der Waals surface area contributed by atoms with Crippen molar-refractivity contribution in [2.24, 2.45) is 9.98 Å². The van der Waals surface area contributed by atoms with Crippen molar-refractivity contribution in [2.75, 3.05) is 0 Å². The second-order valence-electron chi connectivity index (χ2n) is 12.3. The van der Waals surface area contributed by atoms with Gasteiger partial charge in [0.15, 0.2) is 0 Å². The molecule has 1 fully saturated rings. The maximum absolute atomic E-state index is 6.14. The Labute approximate surface area is 291 Å². The van der Waals surface area contributed by atoms with Gasteiger partial charge in [0.25, 0.3) is 0 Å². The minimum atomic E-state index is -0.0318. The first kappa shape index (κ1) is 31.7. The summed E-state index contributed by atoms with van der Waals surface area (Å²) < 4.78 is 5.38. The molecular formula is C40H38N6S2. The van der Waals surface area contributed by atoms with Gasteiger partial charge in [0, 0.05) is 22.5 Å². The number of nitrogens with zero attached hydrogens (tertiary/aromatic N) is 4. The van der Waals surface area contributed by atoms with Crippen LogP contribution in [0.1, 0.15) is 59.3 Å². The summed E-state index contributed by atoms with van der Waals surface area (Å²) in [7, 11) is 0. The maximum Gasteiger partial charge on any atom is 0.137 e. The number of hydrogen-bond acceptors (Lipinski definition) is 4. The molecule has 0 unspecified atom stereocenters. The van der Waals surface area contributed by atoms with E-state index in [-0.39, 0.29) is 12.1 Å². The normalized spacial score (nSPS) is 17.0. The lowest BCUT2D eigenvalue weighted by atomic mass is 9.89. The third kappa shape index (κ3) is 6.33. The Morgan fingerprint density at radius 1 is 0.542 bits per heavy atom. The smallest absolute Gasteiger partial charge is 0.137 e. The van der Waals surface area contributed by atoms with E-state index in [9.17, 15) is 0 Å². The van der Waals surface area contributed by atoms with Crippen LogP contribution >= 0.6 is 24.4 Å². The van der Waals surface area contributed by atoms with E-state index in [0.29, 0.717) is 9.28 Å². The first-order valence-electron chi connectivity index (χ1n) is 16.5. The van der Waals surface area contributed by atoms with Crippen molar-refractivity contribution < 1.29 is 0 Å². The molecule has 240 valence electrons. The third-order valence-electron chi connectivity index (χ3n) is 9.02. The van der Waals surface area contributed by atoms with Crippen LogP contribution in [0, 0.1) is 23.1 Å². The molecule has 2 aromatic heterocycles. The monoisotopic (exact) mass is 666 g/mol. The molecule has 1 aliphatic rings. The summed E-state index contributed by atoms with van der Waals surface area (Å²) in [6.07, 6.45) is 4.09. The molecule has 4 aromatic carbocycles. The maximum atomic E-state index is 6.14. The van der Waals surface area contributed by atoms with Crippen molar-refractivity contribution >= 4 is 35.9 Å². The van der Waals surface area contributed by atoms with Gasteiger partial charge in [-0.15, -0.1) is 0 Å². The molecule has 1 aliphatic carbocycles. The van der Waals surface area contributed by atoms with Crippen LogP contribution in [0.5, 0.6) is 0 Å². The number of H-pyrrole nitrogens is 2. The highest BCUT2D eigenvalue weighted by Crippen LogP contribution is 2.29. The average Bonchev–Trinajstić information content (AvgIpc) is 3.60. The number of aromatic amines is 2. The van der Waals surface area contributed by atoms with E-state index in [1.807, 2.05) is 57.9 Å². The minimum absolute atomic E-state index is 0.0318. The lowest BCUT2D eigenvalue weighted by Crippen LogP contribution is -2.30. The fourth-order valence-corrected chi connectivity index (χ4v) is 7.45. The van der Waals surface area contributed by atoms with Crippen LogP contribution in [0.25, 0.3) is 11.4 Å². The molecule has 0 radical (unpaired) electrons. The van der Waals surface area contributed by atoms with E-state index in [4.69, 9.17) is 34.4 Å². The van der Waals surface area contributed by atoms with Gasteiger partial charge in [-0.25, -0.2) is 9.36 Å². The van der Waals surface area contributed by atoms with Gasteiger partial charge in [0.2, 0.25) is 0 Å². The first-order chi connectivity index (χ1) is 23.5. The lowest BCUT2D eigenvalue weighted by Gasteiger charge is -2.28. The molecule has 0 saturated heterocycles. The molecule has 2 heterocycles. The quantitative estimate of drug-likeness (QED) is 0.126. The number of benzene rings is 4. The Morgan fingerprint density at radius 2 is 0.875 bits per heavy atom. The molecule has 8 heteroatoms. The number of rotatable bonds is 8. The number of nitrogens with one attached hydrogen (secondary N) is 2. The Bertz CT molecular complexity index is 2030. The number of para-hydroxylation sites is 2. The van der Waals surface area contributed by atoms with Crippen molar-refractivity contribution in [2.45, 2.75) is 51.6 Å². The van der Waals surface area contributed by atoms with E-state index in [1.54, 1.807) is 0 Å². The fraction of sp³-hybridized carbons (Fsp3) is 0.200. The second-order valence-corrected chi connectivity index (χ2v) is 13.1. The van der Waals surface area contributed by atoms with Gasteiger partial charge in [-0.3, -0.25) is 20.2 Å². The largest absolute Gasteiger partial charge is 0.297 e. The molecule has 1 saturated carbocycles. The SMILES string of the molecule is Cc1[nH]n(-c2ccccc2)c(=S)c1C(=N[C@H]1CCCC[C@@H]1N=C(c1ccccc1)c1c(C)[nH]n(-c2ccccc2)c1=S)c1ccccc1. The van der Waals surface area contributed by atoms with E-state index < -0.39 is 0 Å². The molecule has 6 aromatic rings. The molecule has 0 bridgehead atoms. The summed E-state index contributed by atoms with van der Waals surface area (Å²) in [5, 5.41) is 7.04. The molecule has 7 rings (SSSR count). The number of hydrogen-bond donors (Lipinski definition) is 2. The Balaban J connectivity index is 1.37. The van der Waals surface area contributed by atoms with Gasteiger partial charge in [0.05, 0.1) is 46.0 Å². The number of aromatic nitrogens is 4. The number of aliphatic imine (C=N–C) groups is 2. The van der Waals surface area contributed by atoms with Crippen LogP contribution < -0.4 is 0 Å². The van der Waals surface area contributed by atoms with Crippen LogP contribution in [0.15, 0.2) is 131 Å². The Kier molecular flexibility index (Phi) is 9.27. The van der Waals surface area contributed by atoms with Crippen molar-refractivity contribution in [1.82, 2.24) is 19.6 Å². The van der Waals surface area contributed by atoms with E-state index >= 15 is 0 Å². The highest BCUT2D eigenvalue weighted by atomic mass is 32.1. The molecule has 2 atom stereocenters. The highest BCUT2D eigenvalue weighted by molar-refractivity contribution is 7.71. The van der Waals surface area contributed by atoms with Gasteiger partial charge < -0.3 is 0 Å². The standard InChI is InChI=1S/C40H38N6S2/c1-27-35(39(47)45(43-27)31-21-11-5-12-22-31)37(29-17-7-3-8-18-29)41-33-25-15-16-26-34(33)42-38(30-19-9-4-10-20-30)36-28(2)44-46(40(36)48)32-23-13-6-14-24-32/h3-14,17-24,33-34,43-44H,15-16,25-26H2,1-2H3/t33-,34-/m0/s1. The number of aryl methyl sites for hydroxylation is 2. The topological polar surface area (TPSA) is 66.2 Å².